The van der Waals surface area contributed by atoms with Gasteiger partial charge >= 0.3 is 0 Å². The molecule has 0 aliphatic heterocycles. The summed E-state index contributed by atoms with van der Waals surface area (Å²) in [5.41, 5.74) is 0.159. The van der Waals surface area contributed by atoms with Crippen molar-refractivity contribution in [1.82, 2.24) is 0 Å². The van der Waals surface area contributed by atoms with Gasteiger partial charge in [0.2, 0.25) is 0 Å². The average Bonchev–Trinajstić information content (AvgIpc) is 1.85. The van der Waals surface area contributed by atoms with Crippen molar-refractivity contribution in [2.75, 3.05) is 20.3 Å². The lowest BCUT2D eigenvalue weighted by Gasteiger charge is -2.33. The molecule has 0 fully saturated rings. The monoisotopic (exact) mass is 174 g/mol. The molecule has 0 bridgehead atoms. The molecule has 0 aromatic rings. The highest BCUT2D eigenvalue weighted by Gasteiger charge is 2.28. The van der Waals surface area contributed by atoms with Crippen LogP contribution in [0, 0.1) is 17.3 Å². The molecule has 2 unspecified atom stereocenters. The van der Waals surface area contributed by atoms with E-state index in [2.05, 4.69) is 27.7 Å². The van der Waals surface area contributed by atoms with E-state index in [-0.39, 0.29) is 12.0 Å². The number of hydrogen-bond acceptors (Lipinski definition) is 2. The van der Waals surface area contributed by atoms with Gasteiger partial charge in [-0.1, -0.05) is 27.7 Å². The van der Waals surface area contributed by atoms with Gasteiger partial charge in [0.15, 0.2) is 0 Å². The molecule has 0 spiro atoms. The largest absolute Gasteiger partial charge is 0.396 e. The van der Waals surface area contributed by atoms with E-state index < -0.39 is 0 Å². The maximum absolute atomic E-state index is 9.20. The predicted octanol–water partition coefficient (Wildman–Crippen LogP) is 1.92. The van der Waals surface area contributed by atoms with Gasteiger partial charge < -0.3 is 9.84 Å². The van der Waals surface area contributed by atoms with Gasteiger partial charge in [0.05, 0.1) is 0 Å². The standard InChI is InChI=1S/C10H22O2/c1-8(7-12-5)9(6-11)10(2,3)4/h8-9,11H,6-7H2,1-5H3. The second-order valence-electron chi connectivity index (χ2n) is 4.59. The van der Waals surface area contributed by atoms with Crippen molar-refractivity contribution < 1.29 is 9.84 Å². The van der Waals surface area contributed by atoms with Crippen LogP contribution in [0.5, 0.6) is 0 Å². The molecule has 2 heteroatoms. The maximum Gasteiger partial charge on any atom is 0.0491 e. The Morgan fingerprint density at radius 2 is 1.83 bits per heavy atom. The lowest BCUT2D eigenvalue weighted by molar-refractivity contribution is 0.0405. The molecule has 0 heterocycles. The van der Waals surface area contributed by atoms with E-state index in [1.165, 1.54) is 0 Å². The van der Waals surface area contributed by atoms with E-state index in [9.17, 15) is 5.11 Å². The molecular formula is C10H22O2. The summed E-state index contributed by atoms with van der Waals surface area (Å²) in [5.74, 6) is 0.734. The number of rotatable bonds is 4. The Kier molecular flexibility index (Phi) is 4.80. The quantitative estimate of drug-likeness (QED) is 0.705. The third kappa shape index (κ3) is 3.55. The second kappa shape index (κ2) is 4.83. The van der Waals surface area contributed by atoms with Crippen molar-refractivity contribution in [1.29, 1.82) is 0 Å². The van der Waals surface area contributed by atoms with Crippen LogP contribution in [0.2, 0.25) is 0 Å². The SMILES string of the molecule is COCC(C)C(CO)C(C)(C)C. The first-order valence-electron chi connectivity index (χ1n) is 4.53. The van der Waals surface area contributed by atoms with Gasteiger partial charge in [-0.05, 0) is 17.3 Å². The van der Waals surface area contributed by atoms with Crippen LogP contribution >= 0.6 is 0 Å². The smallest absolute Gasteiger partial charge is 0.0491 e. The van der Waals surface area contributed by atoms with Crippen LogP contribution in [0.3, 0.4) is 0 Å². The molecule has 0 amide bonds. The summed E-state index contributed by atoms with van der Waals surface area (Å²) >= 11 is 0. The number of aliphatic hydroxyl groups is 1. The first kappa shape index (κ1) is 11.9. The summed E-state index contributed by atoms with van der Waals surface area (Å²) in [6.07, 6.45) is 0. The Hall–Kier alpha value is -0.0800. The third-order valence-corrected chi connectivity index (χ3v) is 2.43. The highest BCUT2D eigenvalue weighted by atomic mass is 16.5. The number of aliphatic hydroxyl groups excluding tert-OH is 1. The molecule has 0 saturated heterocycles. The normalized spacial score (nSPS) is 17.5. The van der Waals surface area contributed by atoms with Crippen molar-refractivity contribution in [3.63, 3.8) is 0 Å². The molecule has 2 atom stereocenters. The minimum absolute atomic E-state index is 0.159. The molecule has 0 aromatic heterocycles. The first-order chi connectivity index (χ1) is 5.43. The Labute approximate surface area is 75.9 Å². The zero-order valence-electron chi connectivity index (χ0n) is 8.92. The molecule has 0 saturated carbocycles. The van der Waals surface area contributed by atoms with E-state index in [0.29, 0.717) is 11.8 Å². The lowest BCUT2D eigenvalue weighted by Crippen LogP contribution is -2.32. The van der Waals surface area contributed by atoms with Crippen molar-refractivity contribution in [3.8, 4) is 0 Å². The Morgan fingerprint density at radius 3 is 2.08 bits per heavy atom. The molecule has 0 aliphatic rings. The fourth-order valence-electron chi connectivity index (χ4n) is 1.69. The van der Waals surface area contributed by atoms with Crippen LogP contribution in [0.15, 0.2) is 0 Å². The maximum atomic E-state index is 9.20. The van der Waals surface area contributed by atoms with Gasteiger partial charge in [0, 0.05) is 20.3 Å². The summed E-state index contributed by atoms with van der Waals surface area (Å²) in [7, 11) is 1.70. The van der Waals surface area contributed by atoms with Gasteiger partial charge in [-0.25, -0.2) is 0 Å². The highest BCUT2D eigenvalue weighted by Crippen LogP contribution is 2.31. The summed E-state index contributed by atoms with van der Waals surface area (Å²) < 4.78 is 5.07. The van der Waals surface area contributed by atoms with Crippen LogP contribution in [-0.4, -0.2) is 25.4 Å². The van der Waals surface area contributed by atoms with Crippen molar-refractivity contribution in [3.05, 3.63) is 0 Å². The van der Waals surface area contributed by atoms with Gasteiger partial charge in [-0.2, -0.15) is 0 Å². The van der Waals surface area contributed by atoms with E-state index in [1.54, 1.807) is 7.11 Å². The average molecular weight is 174 g/mol. The molecule has 0 rings (SSSR count). The zero-order valence-corrected chi connectivity index (χ0v) is 8.92. The van der Waals surface area contributed by atoms with Crippen molar-refractivity contribution in [2.45, 2.75) is 27.7 Å². The fraction of sp³-hybridized carbons (Fsp3) is 1.00. The number of hydrogen-bond donors (Lipinski definition) is 1. The summed E-state index contributed by atoms with van der Waals surface area (Å²) in [6, 6.07) is 0. The van der Waals surface area contributed by atoms with Gasteiger partial charge in [-0.3, -0.25) is 0 Å². The van der Waals surface area contributed by atoms with Crippen LogP contribution in [0.25, 0.3) is 0 Å². The van der Waals surface area contributed by atoms with E-state index >= 15 is 0 Å². The first-order valence-corrected chi connectivity index (χ1v) is 4.53. The van der Waals surface area contributed by atoms with Gasteiger partial charge in [0.1, 0.15) is 0 Å². The van der Waals surface area contributed by atoms with Crippen molar-refractivity contribution in [2.24, 2.45) is 17.3 Å². The zero-order chi connectivity index (χ0) is 9.78. The van der Waals surface area contributed by atoms with Gasteiger partial charge in [0.25, 0.3) is 0 Å². The van der Waals surface area contributed by atoms with Crippen LogP contribution in [-0.2, 0) is 4.74 Å². The van der Waals surface area contributed by atoms with E-state index in [4.69, 9.17) is 4.74 Å². The molecule has 0 aromatic carbocycles. The molecule has 74 valence electrons. The number of ether oxygens (including phenoxy) is 1. The van der Waals surface area contributed by atoms with Gasteiger partial charge in [-0.15, -0.1) is 0 Å². The second-order valence-corrected chi connectivity index (χ2v) is 4.59. The molecule has 12 heavy (non-hydrogen) atoms. The predicted molar refractivity (Wildman–Crippen MR) is 51.1 cm³/mol. The summed E-state index contributed by atoms with van der Waals surface area (Å²) in [6.45, 7) is 9.55. The Bertz CT molecular complexity index is 115. The highest BCUT2D eigenvalue weighted by molar-refractivity contribution is 4.77. The molecule has 0 aliphatic carbocycles. The molecule has 0 radical (unpaired) electrons. The minimum Gasteiger partial charge on any atom is -0.396 e. The van der Waals surface area contributed by atoms with Crippen LogP contribution < -0.4 is 0 Å². The number of methoxy groups -OCH3 is 1. The van der Waals surface area contributed by atoms with E-state index in [0.717, 1.165) is 6.61 Å². The van der Waals surface area contributed by atoms with Crippen molar-refractivity contribution >= 4 is 0 Å². The minimum atomic E-state index is 0.159. The molecule has 2 nitrogen and oxygen atoms in total. The molecular weight excluding hydrogens is 152 g/mol. The summed E-state index contributed by atoms with van der Waals surface area (Å²) in [4.78, 5) is 0. The summed E-state index contributed by atoms with van der Waals surface area (Å²) in [5, 5.41) is 9.20. The lowest BCUT2D eigenvalue weighted by atomic mass is 9.74. The van der Waals surface area contributed by atoms with Crippen LogP contribution in [0.4, 0.5) is 0 Å². The third-order valence-electron chi connectivity index (χ3n) is 2.43. The molecule has 1 N–H and O–H groups in total. The fourth-order valence-corrected chi connectivity index (χ4v) is 1.69. The Morgan fingerprint density at radius 1 is 1.33 bits per heavy atom. The topological polar surface area (TPSA) is 29.5 Å². The van der Waals surface area contributed by atoms with Crippen LogP contribution in [0.1, 0.15) is 27.7 Å². The Balaban J connectivity index is 4.14. The van der Waals surface area contributed by atoms with E-state index in [1.807, 2.05) is 0 Å².